The molecule has 15 heteroatoms. The molecule has 0 aliphatic carbocycles. The van der Waals surface area contributed by atoms with Crippen molar-refractivity contribution < 1.29 is 30.4 Å². The number of hydrogen-bond donors (Lipinski definition) is 2. The second-order valence-corrected chi connectivity index (χ2v) is 15.3. The van der Waals surface area contributed by atoms with Crippen molar-refractivity contribution in [1.82, 2.24) is 9.62 Å². The van der Waals surface area contributed by atoms with Crippen molar-refractivity contribution in [2.75, 3.05) is 36.8 Å². The van der Waals surface area contributed by atoms with Gasteiger partial charge in [0, 0.05) is 49.0 Å². The quantitative estimate of drug-likeness (QED) is 0.170. The van der Waals surface area contributed by atoms with Crippen LogP contribution in [0.15, 0.2) is 101 Å². The lowest BCUT2D eigenvalue weighted by Gasteiger charge is -2.36. The summed E-state index contributed by atoms with van der Waals surface area (Å²) in [6, 6.07) is 24.5. The summed E-state index contributed by atoms with van der Waals surface area (Å²) in [4.78, 5) is 15.4. The molecule has 0 atom stereocenters. The zero-order chi connectivity index (χ0) is 33.3. The van der Waals surface area contributed by atoms with Crippen LogP contribution in [-0.4, -0.2) is 58.5 Å². The van der Waals surface area contributed by atoms with Crippen molar-refractivity contribution in [1.29, 1.82) is 0 Å². The number of nitrogens with one attached hydrogen (secondary N) is 1. The molecule has 1 heterocycles. The third-order valence-corrected chi connectivity index (χ3v) is 11.3. The second kappa shape index (κ2) is 13.2. The molecular formula is C31H28Cl2F2N4O5S2. The number of halogens is 4. The smallest absolute Gasteiger partial charge is 0.398 e. The van der Waals surface area contributed by atoms with Gasteiger partial charge in [-0.05, 0) is 82.9 Å². The minimum atomic E-state index is -5.50. The maximum absolute atomic E-state index is 13.5. The average Bonchev–Trinajstić information content (AvgIpc) is 3.01. The normalized spacial score (nSPS) is 14.7. The number of rotatable bonds is 9. The SMILES string of the molecule is Nc1ccc(S(=O)(=O)NC(=O)c2ccc(N3CCN(Cc4ccccc4-c4ccc(Cl)cc4)CC3)cc2)cc1S(=O)(=O)C(F)(F)Cl. The van der Waals surface area contributed by atoms with Crippen molar-refractivity contribution in [2.45, 2.75) is 21.0 Å². The summed E-state index contributed by atoms with van der Waals surface area (Å²) in [6.45, 7) is 3.82. The van der Waals surface area contributed by atoms with Gasteiger partial charge in [0.1, 0.15) is 0 Å². The Bertz CT molecular complexity index is 1970. The predicted octanol–water partition coefficient (Wildman–Crippen LogP) is 5.59. The summed E-state index contributed by atoms with van der Waals surface area (Å²) < 4.78 is 73.9. The molecule has 4 aromatic rings. The molecule has 1 amide bonds. The third kappa shape index (κ3) is 7.29. The number of carbonyl (C=O) groups excluding carboxylic acids is 1. The van der Waals surface area contributed by atoms with E-state index in [9.17, 15) is 30.4 Å². The van der Waals surface area contributed by atoms with E-state index >= 15 is 0 Å². The molecule has 46 heavy (non-hydrogen) atoms. The van der Waals surface area contributed by atoms with Gasteiger partial charge in [0.15, 0.2) is 0 Å². The molecule has 242 valence electrons. The van der Waals surface area contributed by atoms with Gasteiger partial charge in [-0.1, -0.05) is 48.0 Å². The fraction of sp³-hybridized carbons (Fsp3) is 0.194. The summed E-state index contributed by atoms with van der Waals surface area (Å²) in [7, 11) is -10.2. The van der Waals surface area contributed by atoms with E-state index in [0.717, 1.165) is 61.7 Å². The van der Waals surface area contributed by atoms with E-state index in [0.29, 0.717) is 11.1 Å². The molecule has 1 fully saturated rings. The van der Waals surface area contributed by atoms with Crippen LogP contribution in [-0.2, 0) is 26.4 Å². The van der Waals surface area contributed by atoms with Gasteiger partial charge in [-0.25, -0.2) is 21.6 Å². The van der Waals surface area contributed by atoms with Crippen LogP contribution in [0.5, 0.6) is 0 Å². The van der Waals surface area contributed by atoms with Crippen LogP contribution in [0, 0.1) is 0 Å². The van der Waals surface area contributed by atoms with E-state index in [2.05, 4.69) is 21.9 Å². The number of nitrogens with two attached hydrogens (primary N) is 1. The number of alkyl halides is 3. The van der Waals surface area contributed by atoms with Gasteiger partial charge in [0.05, 0.1) is 15.5 Å². The molecule has 1 aliphatic heterocycles. The zero-order valence-corrected chi connectivity index (χ0v) is 27.2. The molecule has 1 saturated heterocycles. The molecule has 1 aliphatic rings. The predicted molar refractivity (Wildman–Crippen MR) is 174 cm³/mol. The van der Waals surface area contributed by atoms with E-state index < -0.39 is 46.0 Å². The molecule has 0 bridgehead atoms. The van der Waals surface area contributed by atoms with Crippen molar-refractivity contribution >= 4 is 60.3 Å². The topological polar surface area (TPSA) is 130 Å². The second-order valence-electron chi connectivity index (χ2n) is 10.6. The number of anilines is 2. The van der Waals surface area contributed by atoms with Gasteiger partial charge >= 0.3 is 4.71 Å². The van der Waals surface area contributed by atoms with Crippen LogP contribution in [0.2, 0.25) is 5.02 Å². The highest BCUT2D eigenvalue weighted by Gasteiger charge is 2.45. The van der Waals surface area contributed by atoms with Gasteiger partial charge in [-0.3, -0.25) is 9.69 Å². The Hall–Kier alpha value is -3.75. The Morgan fingerprint density at radius 2 is 1.50 bits per heavy atom. The van der Waals surface area contributed by atoms with Gasteiger partial charge in [0.2, 0.25) is 0 Å². The van der Waals surface area contributed by atoms with E-state index in [1.165, 1.54) is 17.7 Å². The molecule has 9 nitrogen and oxygen atoms in total. The Morgan fingerprint density at radius 1 is 0.870 bits per heavy atom. The first-order valence-electron chi connectivity index (χ1n) is 13.8. The van der Waals surface area contributed by atoms with Gasteiger partial charge in [-0.15, -0.1) is 0 Å². The molecule has 3 N–H and O–H groups in total. The molecule has 0 saturated carbocycles. The Kier molecular flexibility index (Phi) is 9.62. The first-order chi connectivity index (χ1) is 21.7. The van der Waals surface area contributed by atoms with Crippen LogP contribution >= 0.6 is 23.2 Å². The number of nitrogen functional groups attached to an aromatic ring is 1. The van der Waals surface area contributed by atoms with Crippen LogP contribution < -0.4 is 15.4 Å². The van der Waals surface area contributed by atoms with Gasteiger partial charge in [0.25, 0.3) is 25.8 Å². The highest BCUT2D eigenvalue weighted by atomic mass is 35.5. The monoisotopic (exact) mass is 708 g/mol. The number of benzene rings is 4. The van der Waals surface area contributed by atoms with Crippen LogP contribution in [0.1, 0.15) is 15.9 Å². The lowest BCUT2D eigenvalue weighted by molar-refractivity contribution is 0.0981. The van der Waals surface area contributed by atoms with Crippen molar-refractivity contribution in [2.24, 2.45) is 0 Å². The molecule has 0 spiro atoms. The van der Waals surface area contributed by atoms with Crippen LogP contribution in [0.25, 0.3) is 11.1 Å². The van der Waals surface area contributed by atoms with E-state index in [1.807, 2.05) is 41.1 Å². The summed E-state index contributed by atoms with van der Waals surface area (Å²) in [5.74, 6) is -1.00. The average molecular weight is 710 g/mol. The number of amides is 1. The largest absolute Gasteiger partial charge is 0.427 e. The lowest BCUT2D eigenvalue weighted by atomic mass is 9.99. The minimum absolute atomic E-state index is 0.0142. The summed E-state index contributed by atoms with van der Waals surface area (Å²) in [5.41, 5.74) is 9.17. The van der Waals surface area contributed by atoms with Crippen LogP contribution in [0.4, 0.5) is 20.2 Å². The number of piperazine rings is 1. The Morgan fingerprint density at radius 3 is 2.13 bits per heavy atom. The zero-order valence-electron chi connectivity index (χ0n) is 24.0. The lowest BCUT2D eigenvalue weighted by Crippen LogP contribution is -2.46. The van der Waals surface area contributed by atoms with Crippen molar-refractivity contribution in [3.05, 3.63) is 107 Å². The molecule has 5 rings (SSSR count). The molecule has 0 radical (unpaired) electrons. The number of sulfonamides is 1. The summed E-state index contributed by atoms with van der Waals surface area (Å²) in [6.07, 6.45) is 0. The van der Waals surface area contributed by atoms with Crippen LogP contribution in [0.3, 0.4) is 0 Å². The summed E-state index contributed by atoms with van der Waals surface area (Å²) in [5, 5.41) is 0.683. The van der Waals surface area contributed by atoms with E-state index in [1.54, 1.807) is 12.1 Å². The van der Waals surface area contributed by atoms with E-state index in [-0.39, 0.29) is 5.56 Å². The molecule has 0 aromatic heterocycles. The number of nitrogens with zero attached hydrogens (tertiary/aromatic N) is 2. The highest BCUT2D eigenvalue weighted by molar-refractivity contribution is 7.94. The van der Waals surface area contributed by atoms with Crippen molar-refractivity contribution in [3.63, 3.8) is 0 Å². The van der Waals surface area contributed by atoms with E-state index in [4.69, 9.17) is 28.9 Å². The minimum Gasteiger partial charge on any atom is -0.398 e. The fourth-order valence-electron chi connectivity index (χ4n) is 5.08. The third-order valence-electron chi connectivity index (χ3n) is 7.55. The Labute approximate surface area is 275 Å². The number of hydrogen-bond acceptors (Lipinski definition) is 8. The highest BCUT2D eigenvalue weighted by Crippen LogP contribution is 2.36. The maximum atomic E-state index is 13.5. The Balaban J connectivity index is 1.21. The summed E-state index contributed by atoms with van der Waals surface area (Å²) >= 11 is 10.8. The van der Waals surface area contributed by atoms with Gasteiger partial charge in [-0.2, -0.15) is 8.78 Å². The maximum Gasteiger partial charge on any atom is 0.427 e. The van der Waals surface area contributed by atoms with Crippen molar-refractivity contribution in [3.8, 4) is 11.1 Å². The molecule has 4 aromatic carbocycles. The number of carbonyl (C=O) groups is 1. The molecular weight excluding hydrogens is 681 g/mol. The van der Waals surface area contributed by atoms with Gasteiger partial charge < -0.3 is 10.6 Å². The fourth-order valence-corrected chi connectivity index (χ4v) is 7.44. The number of sulfone groups is 1. The standard InChI is InChI=1S/C31H28Cl2F2N4O5S2/c32-24-9-5-21(6-10-24)27-4-2-1-3-23(27)20-38-15-17-39(18-16-38)25-11-7-22(8-12-25)30(40)37-46(43,44)26-13-14-28(36)29(19-26)45(41,42)31(33,34)35/h1-14,19H,15-18,20,36H2,(H,37,40). The first kappa shape index (κ1) is 33.6. The molecule has 0 unspecified atom stereocenters. The first-order valence-corrected chi connectivity index (χ1v) is 17.6.